The molecule has 1 aliphatic carbocycles. The van der Waals surface area contributed by atoms with Crippen molar-refractivity contribution in [3.8, 4) is 0 Å². The quantitative estimate of drug-likeness (QED) is 0.729. The molecule has 0 atom stereocenters. The fourth-order valence-corrected chi connectivity index (χ4v) is 5.35. The topological polar surface area (TPSA) is 71.1 Å². The molecule has 0 unspecified atom stereocenters. The zero-order chi connectivity index (χ0) is 17.0. The summed E-state index contributed by atoms with van der Waals surface area (Å²) in [5.41, 5.74) is 0.436. The molecule has 0 radical (unpaired) electrons. The summed E-state index contributed by atoms with van der Waals surface area (Å²) in [6, 6.07) is 7.04. The molecule has 0 spiro atoms. The number of rotatable bonds is 5. The van der Waals surface area contributed by atoms with Crippen LogP contribution in [0.4, 0.5) is 11.5 Å². The Labute approximate surface area is 151 Å². The van der Waals surface area contributed by atoms with Gasteiger partial charge in [-0.3, -0.25) is 4.72 Å². The van der Waals surface area contributed by atoms with E-state index >= 15 is 0 Å². The molecule has 130 valence electrons. The summed E-state index contributed by atoms with van der Waals surface area (Å²) in [6.07, 6.45) is 8.96. The van der Waals surface area contributed by atoms with Crippen LogP contribution in [0.15, 0.2) is 34.7 Å². The molecule has 1 aliphatic rings. The van der Waals surface area contributed by atoms with Crippen LogP contribution in [0.3, 0.4) is 0 Å². The highest BCUT2D eigenvalue weighted by Crippen LogP contribution is 2.27. The number of aromatic nitrogens is 1. The van der Waals surface area contributed by atoms with Gasteiger partial charge >= 0.3 is 0 Å². The van der Waals surface area contributed by atoms with Crippen LogP contribution in [0, 0.1) is 0 Å². The minimum Gasteiger partial charge on any atom is -0.367 e. The lowest BCUT2D eigenvalue weighted by Crippen LogP contribution is -2.19. The molecule has 5 nitrogen and oxygen atoms in total. The zero-order valence-corrected chi connectivity index (χ0v) is 15.6. The Hall–Kier alpha value is -1.31. The van der Waals surface area contributed by atoms with Crippen LogP contribution in [0.25, 0.3) is 0 Å². The van der Waals surface area contributed by atoms with Crippen molar-refractivity contribution in [1.29, 1.82) is 0 Å². The van der Waals surface area contributed by atoms with E-state index in [2.05, 4.69) is 15.0 Å². The van der Waals surface area contributed by atoms with Crippen molar-refractivity contribution in [2.75, 3.05) is 10.0 Å². The van der Waals surface area contributed by atoms with Crippen LogP contribution in [-0.4, -0.2) is 19.4 Å². The third-order valence-electron chi connectivity index (χ3n) is 4.04. The SMILES string of the molecule is O=S(=O)(Nc1ccc(NC2CCCCCC2)nc1)c1ccc(Cl)s1. The first-order valence-electron chi connectivity index (χ1n) is 8.04. The Morgan fingerprint density at radius 2 is 1.83 bits per heavy atom. The van der Waals surface area contributed by atoms with Crippen molar-refractivity contribution in [2.24, 2.45) is 0 Å². The fourth-order valence-electron chi connectivity index (χ4n) is 2.82. The molecule has 2 aromatic heterocycles. The minimum atomic E-state index is -3.61. The third kappa shape index (κ3) is 4.62. The number of pyridine rings is 1. The van der Waals surface area contributed by atoms with Gasteiger partial charge in [0.25, 0.3) is 10.0 Å². The lowest BCUT2D eigenvalue weighted by Gasteiger charge is -2.17. The van der Waals surface area contributed by atoms with E-state index in [4.69, 9.17) is 11.6 Å². The van der Waals surface area contributed by atoms with Crippen molar-refractivity contribution >= 4 is 44.5 Å². The van der Waals surface area contributed by atoms with Gasteiger partial charge in [-0.25, -0.2) is 13.4 Å². The number of nitrogens with zero attached hydrogens (tertiary/aromatic N) is 1. The summed E-state index contributed by atoms with van der Waals surface area (Å²) in [5.74, 6) is 0.781. The summed E-state index contributed by atoms with van der Waals surface area (Å²) < 4.78 is 27.7. The molecule has 0 aromatic carbocycles. The van der Waals surface area contributed by atoms with E-state index in [1.54, 1.807) is 12.1 Å². The number of anilines is 2. The number of sulfonamides is 1. The number of thiophene rings is 1. The van der Waals surface area contributed by atoms with Gasteiger partial charge in [-0.05, 0) is 37.1 Å². The number of halogens is 1. The molecule has 2 aromatic rings. The summed E-state index contributed by atoms with van der Waals surface area (Å²) >= 11 is 6.82. The molecular formula is C16H20ClN3O2S2. The van der Waals surface area contributed by atoms with Crippen molar-refractivity contribution in [3.05, 3.63) is 34.8 Å². The average molecular weight is 386 g/mol. The maximum Gasteiger partial charge on any atom is 0.271 e. The van der Waals surface area contributed by atoms with E-state index in [0.717, 1.165) is 30.0 Å². The molecule has 8 heteroatoms. The van der Waals surface area contributed by atoms with Crippen LogP contribution in [-0.2, 0) is 10.0 Å². The monoisotopic (exact) mass is 385 g/mol. The highest BCUT2D eigenvalue weighted by molar-refractivity contribution is 7.94. The smallest absolute Gasteiger partial charge is 0.271 e. The van der Waals surface area contributed by atoms with Gasteiger partial charge < -0.3 is 5.32 Å². The first-order valence-corrected chi connectivity index (χ1v) is 10.7. The second-order valence-corrected chi connectivity index (χ2v) is 9.55. The molecule has 3 rings (SSSR count). The predicted octanol–water partition coefficient (Wildman–Crippen LogP) is 4.73. The summed E-state index contributed by atoms with van der Waals surface area (Å²) in [7, 11) is -3.61. The van der Waals surface area contributed by atoms with Crippen LogP contribution < -0.4 is 10.0 Å². The summed E-state index contributed by atoms with van der Waals surface area (Å²) in [5, 5.41) is 3.44. The second-order valence-electron chi connectivity index (χ2n) is 5.93. The Kier molecular flexibility index (Phi) is 5.63. The van der Waals surface area contributed by atoms with Crippen molar-refractivity contribution < 1.29 is 8.42 Å². The van der Waals surface area contributed by atoms with Crippen LogP contribution in [0.2, 0.25) is 4.34 Å². The second kappa shape index (κ2) is 7.72. The number of hydrogen-bond donors (Lipinski definition) is 2. The Morgan fingerprint density at radius 3 is 2.42 bits per heavy atom. The lowest BCUT2D eigenvalue weighted by atomic mass is 10.1. The van der Waals surface area contributed by atoms with Crippen molar-refractivity contribution in [1.82, 2.24) is 4.98 Å². The summed E-state index contributed by atoms with van der Waals surface area (Å²) in [4.78, 5) is 4.33. The molecular weight excluding hydrogens is 366 g/mol. The van der Waals surface area contributed by atoms with E-state index in [-0.39, 0.29) is 4.21 Å². The maximum absolute atomic E-state index is 12.3. The van der Waals surface area contributed by atoms with E-state index in [0.29, 0.717) is 16.1 Å². The van der Waals surface area contributed by atoms with E-state index < -0.39 is 10.0 Å². The van der Waals surface area contributed by atoms with Gasteiger partial charge in [0.1, 0.15) is 10.0 Å². The first-order chi connectivity index (χ1) is 11.5. The molecule has 1 saturated carbocycles. The number of nitrogens with one attached hydrogen (secondary N) is 2. The fraction of sp³-hybridized carbons (Fsp3) is 0.438. The normalized spacial score (nSPS) is 16.5. The van der Waals surface area contributed by atoms with Gasteiger partial charge in [0.2, 0.25) is 0 Å². The predicted molar refractivity (Wildman–Crippen MR) is 99.5 cm³/mol. The number of hydrogen-bond acceptors (Lipinski definition) is 5. The Morgan fingerprint density at radius 1 is 1.08 bits per heavy atom. The summed E-state index contributed by atoms with van der Waals surface area (Å²) in [6.45, 7) is 0. The van der Waals surface area contributed by atoms with Crippen LogP contribution >= 0.6 is 22.9 Å². The third-order valence-corrected chi connectivity index (χ3v) is 7.14. The van der Waals surface area contributed by atoms with Crippen molar-refractivity contribution in [2.45, 2.75) is 48.8 Å². The molecule has 2 heterocycles. The van der Waals surface area contributed by atoms with Crippen LogP contribution in [0.1, 0.15) is 38.5 Å². The van der Waals surface area contributed by atoms with Crippen LogP contribution in [0.5, 0.6) is 0 Å². The molecule has 1 fully saturated rings. The Bertz CT molecular complexity index is 767. The van der Waals surface area contributed by atoms with E-state index in [1.165, 1.54) is 37.9 Å². The molecule has 0 bridgehead atoms. The zero-order valence-electron chi connectivity index (χ0n) is 13.2. The van der Waals surface area contributed by atoms with Crippen molar-refractivity contribution in [3.63, 3.8) is 0 Å². The average Bonchev–Trinajstić information content (AvgIpc) is 2.84. The minimum absolute atomic E-state index is 0.188. The maximum atomic E-state index is 12.3. The largest absolute Gasteiger partial charge is 0.367 e. The molecule has 0 saturated heterocycles. The van der Waals surface area contributed by atoms with Gasteiger partial charge in [-0.15, -0.1) is 11.3 Å². The van der Waals surface area contributed by atoms with Gasteiger partial charge in [0.15, 0.2) is 0 Å². The first kappa shape index (κ1) is 17.5. The highest BCUT2D eigenvalue weighted by atomic mass is 35.5. The Balaban J connectivity index is 1.64. The van der Waals surface area contributed by atoms with Gasteiger partial charge in [-0.2, -0.15) is 0 Å². The molecule has 24 heavy (non-hydrogen) atoms. The van der Waals surface area contributed by atoms with Gasteiger partial charge in [0.05, 0.1) is 16.2 Å². The van der Waals surface area contributed by atoms with Gasteiger partial charge in [0, 0.05) is 6.04 Å². The standard InChI is InChI=1S/C16H20ClN3O2S2/c17-14-8-10-16(23-14)24(21,22)20-13-7-9-15(18-11-13)19-12-5-3-1-2-4-6-12/h7-12,20H,1-6H2,(H,18,19). The highest BCUT2D eigenvalue weighted by Gasteiger charge is 2.17. The molecule has 0 aliphatic heterocycles. The molecule has 0 amide bonds. The van der Waals surface area contributed by atoms with E-state index in [1.807, 2.05) is 6.07 Å². The lowest BCUT2D eigenvalue weighted by molar-refractivity contribution is 0.603. The van der Waals surface area contributed by atoms with Gasteiger partial charge in [-0.1, -0.05) is 37.3 Å². The van der Waals surface area contributed by atoms with E-state index in [9.17, 15) is 8.42 Å². The molecule has 2 N–H and O–H groups in total.